The number of carboxylic acids is 1. The van der Waals surface area contributed by atoms with E-state index in [1.165, 1.54) is 22.9 Å². The van der Waals surface area contributed by atoms with E-state index in [0.29, 0.717) is 33.2 Å². The number of carbonyl (C=O) groups is 1. The van der Waals surface area contributed by atoms with Gasteiger partial charge in [-0.3, -0.25) is 15.1 Å². The van der Waals surface area contributed by atoms with Crippen molar-refractivity contribution >= 4 is 17.6 Å². The summed E-state index contributed by atoms with van der Waals surface area (Å²) in [4.78, 5) is 18.0. The van der Waals surface area contributed by atoms with Gasteiger partial charge in [0, 0.05) is 55.8 Å². The predicted octanol–water partition coefficient (Wildman–Crippen LogP) is 5.94. The predicted molar refractivity (Wildman–Crippen MR) is 198 cm³/mol. The fourth-order valence-electron chi connectivity index (χ4n) is 6.45. The van der Waals surface area contributed by atoms with Crippen LogP contribution in [0.1, 0.15) is 58.2 Å². The van der Waals surface area contributed by atoms with E-state index in [1.807, 2.05) is 12.1 Å². The Morgan fingerprint density at radius 3 is 2.45 bits per heavy atom. The standard InChI is InChI=1S/C40H46ClN5O5/c1-26-30(7-3-4-13-46-14-12-33(47)23-46)8-5-10-34(26)35-11-6-9-31(27(35)2)25-51-39-17-38(50-24-29-15-28(18-42)20-44-21-29)32(16-36(39)41)22-45-37(19-43)40(48)49/h5-6,8-11,15-17,20-21,33,37,45,47H,3-4,7,12-14,19,22-25,43H2,1-2H3,(H,48,49). The molecule has 0 amide bonds. The maximum atomic E-state index is 11.6. The van der Waals surface area contributed by atoms with E-state index >= 15 is 0 Å². The summed E-state index contributed by atoms with van der Waals surface area (Å²) in [5.74, 6) is -0.194. The van der Waals surface area contributed by atoms with Crippen molar-refractivity contribution in [3.8, 4) is 28.7 Å². The summed E-state index contributed by atoms with van der Waals surface area (Å²) in [5, 5.41) is 31.8. The number of hydrogen-bond donors (Lipinski definition) is 4. The van der Waals surface area contributed by atoms with Crippen LogP contribution in [0.4, 0.5) is 0 Å². The number of nitrogens with one attached hydrogen (secondary N) is 1. The van der Waals surface area contributed by atoms with Gasteiger partial charge < -0.3 is 30.3 Å². The Morgan fingerprint density at radius 1 is 1.04 bits per heavy atom. The summed E-state index contributed by atoms with van der Waals surface area (Å²) in [6, 6.07) is 19.0. The molecule has 1 saturated heterocycles. The zero-order valence-electron chi connectivity index (χ0n) is 29.2. The lowest BCUT2D eigenvalue weighted by Crippen LogP contribution is -2.42. The van der Waals surface area contributed by atoms with Gasteiger partial charge in [-0.05, 0) is 91.6 Å². The van der Waals surface area contributed by atoms with Gasteiger partial charge >= 0.3 is 5.97 Å². The van der Waals surface area contributed by atoms with E-state index < -0.39 is 12.0 Å². The molecule has 1 fully saturated rings. The summed E-state index contributed by atoms with van der Waals surface area (Å²) >= 11 is 6.73. The van der Waals surface area contributed by atoms with Crippen molar-refractivity contribution in [2.75, 3.05) is 26.2 Å². The molecule has 2 unspecified atom stereocenters. The molecule has 2 atom stereocenters. The van der Waals surface area contributed by atoms with Crippen molar-refractivity contribution < 1.29 is 24.5 Å². The number of pyridine rings is 1. The largest absolute Gasteiger partial charge is 0.488 e. The molecule has 2 heterocycles. The van der Waals surface area contributed by atoms with E-state index in [-0.39, 0.29) is 32.4 Å². The third kappa shape index (κ3) is 10.1. The van der Waals surface area contributed by atoms with Gasteiger partial charge in [-0.1, -0.05) is 48.0 Å². The van der Waals surface area contributed by atoms with Gasteiger partial charge in [0.15, 0.2) is 0 Å². The van der Waals surface area contributed by atoms with Crippen LogP contribution in [0.25, 0.3) is 11.1 Å². The van der Waals surface area contributed by atoms with Gasteiger partial charge in [-0.15, -0.1) is 0 Å². The van der Waals surface area contributed by atoms with Crippen molar-refractivity contribution in [1.29, 1.82) is 5.26 Å². The van der Waals surface area contributed by atoms with Crippen molar-refractivity contribution in [3.05, 3.63) is 111 Å². The number of nitriles is 1. The van der Waals surface area contributed by atoms with E-state index in [4.69, 9.17) is 26.8 Å². The molecule has 0 radical (unpaired) electrons. The number of β-amino-alcohol motifs (C(OH)–C–C–N with tert-alkyl or cyclic N) is 1. The Bertz CT molecular complexity index is 1860. The molecular weight excluding hydrogens is 666 g/mol. The number of ether oxygens (including phenoxy) is 2. The second-order valence-electron chi connectivity index (χ2n) is 13.0. The first-order chi connectivity index (χ1) is 24.7. The molecule has 0 spiro atoms. The molecule has 1 aliphatic heterocycles. The average molecular weight is 712 g/mol. The van der Waals surface area contributed by atoms with E-state index in [9.17, 15) is 20.3 Å². The maximum Gasteiger partial charge on any atom is 0.322 e. The Labute approximate surface area is 304 Å². The Kier molecular flexibility index (Phi) is 13.4. The first-order valence-corrected chi connectivity index (χ1v) is 17.7. The molecule has 0 bridgehead atoms. The number of benzene rings is 3. The smallest absolute Gasteiger partial charge is 0.322 e. The zero-order valence-corrected chi connectivity index (χ0v) is 30.0. The van der Waals surface area contributed by atoms with Crippen LogP contribution in [-0.4, -0.2) is 64.4 Å². The number of aliphatic carboxylic acids is 1. The fourth-order valence-corrected chi connectivity index (χ4v) is 6.69. The first-order valence-electron chi connectivity index (χ1n) is 17.3. The molecule has 0 saturated carbocycles. The number of aliphatic hydroxyl groups excluding tert-OH is 1. The third-order valence-corrected chi connectivity index (χ3v) is 9.78. The Hall–Kier alpha value is -4.50. The quantitative estimate of drug-likeness (QED) is 0.0968. The number of likely N-dealkylation sites (tertiary alicyclic amines) is 1. The molecule has 11 heteroatoms. The van der Waals surface area contributed by atoms with Gasteiger partial charge in [0.05, 0.1) is 16.7 Å². The van der Waals surface area contributed by atoms with E-state index in [1.54, 1.807) is 24.4 Å². The van der Waals surface area contributed by atoms with Crippen LogP contribution < -0.4 is 20.5 Å². The average Bonchev–Trinajstić information content (AvgIpc) is 3.55. The molecule has 5 rings (SSSR count). The van der Waals surface area contributed by atoms with Crippen LogP contribution in [0.3, 0.4) is 0 Å². The molecular formula is C40H46ClN5O5. The van der Waals surface area contributed by atoms with Crippen molar-refractivity contribution in [3.63, 3.8) is 0 Å². The molecule has 5 N–H and O–H groups in total. The number of nitrogens with two attached hydrogens (primary N) is 1. The molecule has 1 aromatic heterocycles. The number of aromatic nitrogens is 1. The van der Waals surface area contributed by atoms with Crippen LogP contribution in [0.5, 0.6) is 11.5 Å². The molecule has 0 aliphatic carbocycles. The van der Waals surface area contributed by atoms with Gasteiger partial charge in [0.25, 0.3) is 0 Å². The minimum atomic E-state index is -1.06. The lowest BCUT2D eigenvalue weighted by Gasteiger charge is -2.19. The summed E-state index contributed by atoms with van der Waals surface area (Å²) in [7, 11) is 0. The van der Waals surface area contributed by atoms with Gasteiger partial charge in [0.1, 0.15) is 36.8 Å². The first kappa shape index (κ1) is 37.7. The number of hydrogen-bond acceptors (Lipinski definition) is 9. The molecule has 51 heavy (non-hydrogen) atoms. The van der Waals surface area contributed by atoms with Gasteiger partial charge in [-0.25, -0.2) is 0 Å². The van der Waals surface area contributed by atoms with Gasteiger partial charge in [-0.2, -0.15) is 5.26 Å². The second kappa shape index (κ2) is 18.1. The number of carboxylic acid groups (broad SMARTS) is 1. The molecule has 10 nitrogen and oxygen atoms in total. The van der Waals surface area contributed by atoms with Crippen molar-refractivity contribution in [1.82, 2.24) is 15.2 Å². The van der Waals surface area contributed by atoms with E-state index in [0.717, 1.165) is 62.0 Å². The van der Waals surface area contributed by atoms with Crippen LogP contribution in [-0.2, 0) is 31.0 Å². The highest BCUT2D eigenvalue weighted by Crippen LogP contribution is 2.36. The minimum Gasteiger partial charge on any atom is -0.488 e. The SMILES string of the molecule is Cc1c(CCCCN2CCC(O)C2)cccc1-c1cccc(COc2cc(OCc3cncc(C#N)c3)c(CNC(CN)C(=O)O)cc2Cl)c1C. The third-order valence-electron chi connectivity index (χ3n) is 9.49. The lowest BCUT2D eigenvalue weighted by atomic mass is 9.90. The summed E-state index contributed by atoms with van der Waals surface area (Å²) in [5.41, 5.74) is 14.5. The van der Waals surface area contributed by atoms with Crippen LogP contribution in [0.2, 0.25) is 5.02 Å². The summed E-state index contributed by atoms with van der Waals surface area (Å²) < 4.78 is 12.5. The Balaban J connectivity index is 1.31. The fraction of sp³-hybridized carbons (Fsp3) is 0.375. The molecule has 3 aromatic carbocycles. The molecule has 4 aromatic rings. The minimum absolute atomic E-state index is 0.0827. The highest BCUT2D eigenvalue weighted by molar-refractivity contribution is 6.32. The highest BCUT2D eigenvalue weighted by atomic mass is 35.5. The number of unbranched alkanes of at least 4 members (excludes halogenated alkanes) is 1. The molecule has 268 valence electrons. The highest BCUT2D eigenvalue weighted by Gasteiger charge is 2.20. The number of aliphatic hydroxyl groups is 1. The monoisotopic (exact) mass is 711 g/mol. The normalized spacial score (nSPS) is 15.0. The van der Waals surface area contributed by atoms with Crippen molar-refractivity contribution in [2.24, 2.45) is 5.73 Å². The lowest BCUT2D eigenvalue weighted by molar-refractivity contribution is -0.139. The Morgan fingerprint density at radius 2 is 1.76 bits per heavy atom. The van der Waals surface area contributed by atoms with Gasteiger partial charge in [0.2, 0.25) is 0 Å². The summed E-state index contributed by atoms with van der Waals surface area (Å²) in [6.45, 7) is 7.56. The van der Waals surface area contributed by atoms with Crippen LogP contribution in [0, 0.1) is 25.2 Å². The maximum absolute atomic E-state index is 11.6. The number of halogens is 1. The van der Waals surface area contributed by atoms with Crippen molar-refractivity contribution in [2.45, 2.75) is 71.4 Å². The summed E-state index contributed by atoms with van der Waals surface area (Å²) in [6.07, 6.45) is 7.02. The number of aryl methyl sites for hydroxylation is 1. The van der Waals surface area contributed by atoms with E-state index in [2.05, 4.69) is 59.4 Å². The number of nitrogens with zero attached hydrogens (tertiary/aromatic N) is 3. The second-order valence-corrected chi connectivity index (χ2v) is 13.5. The number of rotatable bonds is 17. The zero-order chi connectivity index (χ0) is 36.3. The van der Waals surface area contributed by atoms with Crippen LogP contribution in [0.15, 0.2) is 67.0 Å². The van der Waals surface area contributed by atoms with Crippen LogP contribution >= 0.6 is 11.6 Å². The topological polar surface area (TPSA) is 154 Å². The molecule has 1 aliphatic rings.